The lowest BCUT2D eigenvalue weighted by molar-refractivity contribution is 1.07. The molecule has 0 saturated carbocycles. The summed E-state index contributed by atoms with van der Waals surface area (Å²) in [5.41, 5.74) is 1.88. The Kier molecular flexibility index (Phi) is 4.28. The third kappa shape index (κ3) is 3.66. The van der Waals surface area contributed by atoms with Gasteiger partial charge in [0, 0.05) is 11.1 Å². The van der Waals surface area contributed by atoms with Gasteiger partial charge in [-0.15, -0.1) is 0 Å². The molecule has 3 rings (SSSR count). The molecule has 3 nitrogen and oxygen atoms in total. The Hall–Kier alpha value is -2.04. The van der Waals surface area contributed by atoms with Crippen molar-refractivity contribution in [1.29, 1.82) is 0 Å². The molecular formula is C18H18ClN3Si. The molecule has 1 heterocycles. The normalized spacial score (nSPS) is 11.5. The van der Waals surface area contributed by atoms with E-state index in [0.29, 0.717) is 11.6 Å². The van der Waals surface area contributed by atoms with E-state index in [0.717, 1.165) is 11.1 Å². The zero-order chi connectivity index (χ0) is 16.4. The predicted molar refractivity (Wildman–Crippen MR) is 98.7 cm³/mol. The lowest BCUT2D eigenvalue weighted by Gasteiger charge is -2.16. The van der Waals surface area contributed by atoms with Gasteiger partial charge in [-0.2, -0.15) is 9.97 Å². The molecule has 0 N–H and O–H groups in total. The van der Waals surface area contributed by atoms with Gasteiger partial charge in [0.25, 0.3) is 0 Å². The minimum absolute atomic E-state index is 0.211. The van der Waals surface area contributed by atoms with E-state index in [2.05, 4.69) is 58.9 Å². The molecule has 0 aliphatic heterocycles. The number of hydrogen-bond donors (Lipinski definition) is 0. The first-order valence-electron chi connectivity index (χ1n) is 7.51. The monoisotopic (exact) mass is 339 g/mol. The Morgan fingerprint density at radius 1 is 0.696 bits per heavy atom. The summed E-state index contributed by atoms with van der Waals surface area (Å²) < 4.78 is 0. The first-order chi connectivity index (χ1) is 10.9. The highest BCUT2D eigenvalue weighted by Crippen LogP contribution is 2.21. The van der Waals surface area contributed by atoms with Crippen molar-refractivity contribution in [3.8, 4) is 22.8 Å². The summed E-state index contributed by atoms with van der Waals surface area (Å²) in [5, 5.41) is 1.62. The summed E-state index contributed by atoms with van der Waals surface area (Å²) in [6.45, 7) is 6.99. The van der Waals surface area contributed by atoms with Crippen LogP contribution in [0.2, 0.25) is 24.9 Å². The Morgan fingerprint density at radius 3 is 1.74 bits per heavy atom. The summed E-state index contributed by atoms with van der Waals surface area (Å²) in [6.07, 6.45) is 0. The van der Waals surface area contributed by atoms with E-state index in [1.165, 1.54) is 5.19 Å². The van der Waals surface area contributed by atoms with E-state index < -0.39 is 8.07 Å². The second-order valence-electron chi connectivity index (χ2n) is 6.45. The highest BCUT2D eigenvalue weighted by atomic mass is 35.5. The van der Waals surface area contributed by atoms with Crippen LogP contribution in [-0.2, 0) is 0 Å². The van der Waals surface area contributed by atoms with Gasteiger partial charge in [0.1, 0.15) is 0 Å². The van der Waals surface area contributed by atoms with Crippen LogP contribution < -0.4 is 5.19 Å². The van der Waals surface area contributed by atoms with Crippen molar-refractivity contribution in [3.05, 3.63) is 59.9 Å². The fourth-order valence-corrected chi connectivity index (χ4v) is 3.64. The largest absolute Gasteiger partial charge is 0.226 e. The molecule has 0 bridgehead atoms. The van der Waals surface area contributed by atoms with Crippen LogP contribution in [0.3, 0.4) is 0 Å². The van der Waals surface area contributed by atoms with Gasteiger partial charge in [0.05, 0.1) is 8.07 Å². The van der Waals surface area contributed by atoms with Gasteiger partial charge in [-0.1, -0.05) is 79.4 Å². The fraction of sp³-hybridized carbons (Fsp3) is 0.167. The van der Waals surface area contributed by atoms with Crippen molar-refractivity contribution < 1.29 is 0 Å². The molecule has 0 radical (unpaired) electrons. The number of hydrogen-bond acceptors (Lipinski definition) is 3. The Labute approximate surface area is 142 Å². The molecule has 23 heavy (non-hydrogen) atoms. The van der Waals surface area contributed by atoms with Crippen LogP contribution in [0.25, 0.3) is 22.8 Å². The molecule has 0 amide bonds. The summed E-state index contributed by atoms with van der Waals surface area (Å²) in [6, 6.07) is 18.3. The molecule has 0 saturated heterocycles. The first kappa shape index (κ1) is 15.8. The van der Waals surface area contributed by atoms with E-state index in [1.54, 1.807) is 0 Å². The van der Waals surface area contributed by atoms with Gasteiger partial charge in [-0.3, -0.25) is 0 Å². The van der Waals surface area contributed by atoms with Crippen LogP contribution in [0.15, 0.2) is 54.6 Å². The van der Waals surface area contributed by atoms with Gasteiger partial charge in [0.15, 0.2) is 11.6 Å². The molecule has 1 aromatic heterocycles. The van der Waals surface area contributed by atoms with E-state index in [4.69, 9.17) is 11.6 Å². The topological polar surface area (TPSA) is 38.7 Å². The van der Waals surface area contributed by atoms with Crippen LogP contribution in [0.4, 0.5) is 0 Å². The maximum absolute atomic E-state index is 6.10. The SMILES string of the molecule is C[Si](C)(C)c1ccc(-c2nc(Cl)nc(-c3ccccc3)n2)cc1. The second kappa shape index (κ2) is 6.22. The van der Waals surface area contributed by atoms with Gasteiger partial charge < -0.3 is 0 Å². The summed E-state index contributed by atoms with van der Waals surface area (Å²) in [5.74, 6) is 1.20. The maximum Gasteiger partial charge on any atom is 0.226 e. The molecule has 0 unspecified atom stereocenters. The molecule has 5 heteroatoms. The van der Waals surface area contributed by atoms with Crippen molar-refractivity contribution in [2.45, 2.75) is 19.6 Å². The lowest BCUT2D eigenvalue weighted by atomic mass is 10.2. The molecule has 116 valence electrons. The Morgan fingerprint density at radius 2 is 1.22 bits per heavy atom. The lowest BCUT2D eigenvalue weighted by Crippen LogP contribution is -2.37. The number of aromatic nitrogens is 3. The van der Waals surface area contributed by atoms with Crippen molar-refractivity contribution in [1.82, 2.24) is 15.0 Å². The summed E-state index contributed by atoms with van der Waals surface area (Å²) in [7, 11) is -1.31. The molecular weight excluding hydrogens is 322 g/mol. The first-order valence-corrected chi connectivity index (χ1v) is 11.4. The Balaban J connectivity index is 2.02. The summed E-state index contributed by atoms with van der Waals surface area (Å²) in [4.78, 5) is 13.1. The predicted octanol–water partition coefficient (Wildman–Crippen LogP) is 4.40. The average molecular weight is 340 g/mol. The quantitative estimate of drug-likeness (QED) is 0.664. The highest BCUT2D eigenvalue weighted by molar-refractivity contribution is 6.88. The summed E-state index contributed by atoms with van der Waals surface area (Å²) >= 11 is 6.10. The molecule has 2 aromatic carbocycles. The standard InChI is InChI=1S/C18H18ClN3Si/c1-23(2,3)15-11-9-14(10-12-15)17-20-16(21-18(19)22-17)13-7-5-4-6-8-13/h4-12H,1-3H3. The van der Waals surface area contributed by atoms with Crippen molar-refractivity contribution in [3.63, 3.8) is 0 Å². The van der Waals surface area contributed by atoms with Crippen LogP contribution in [0.1, 0.15) is 0 Å². The maximum atomic E-state index is 6.10. The average Bonchev–Trinajstić information content (AvgIpc) is 2.54. The van der Waals surface area contributed by atoms with Crippen LogP contribution in [0, 0.1) is 0 Å². The second-order valence-corrected chi connectivity index (χ2v) is 11.9. The van der Waals surface area contributed by atoms with E-state index in [9.17, 15) is 0 Å². The smallest absolute Gasteiger partial charge is 0.208 e. The molecule has 0 aliphatic rings. The number of benzene rings is 2. The minimum Gasteiger partial charge on any atom is -0.208 e. The van der Waals surface area contributed by atoms with E-state index in [-0.39, 0.29) is 5.28 Å². The van der Waals surface area contributed by atoms with Crippen LogP contribution in [0.5, 0.6) is 0 Å². The molecule has 0 spiro atoms. The zero-order valence-corrected chi connectivity index (χ0v) is 15.2. The molecule has 0 atom stereocenters. The third-order valence-electron chi connectivity index (χ3n) is 3.65. The van der Waals surface area contributed by atoms with Gasteiger partial charge in [0.2, 0.25) is 5.28 Å². The Bertz CT molecular complexity index is 812. The van der Waals surface area contributed by atoms with Gasteiger partial charge >= 0.3 is 0 Å². The van der Waals surface area contributed by atoms with Crippen LogP contribution in [-0.4, -0.2) is 23.0 Å². The van der Waals surface area contributed by atoms with E-state index >= 15 is 0 Å². The fourth-order valence-electron chi connectivity index (χ4n) is 2.31. The zero-order valence-electron chi connectivity index (χ0n) is 13.4. The molecule has 0 aliphatic carbocycles. The van der Waals surface area contributed by atoms with Crippen molar-refractivity contribution >= 4 is 24.9 Å². The number of rotatable bonds is 3. The van der Waals surface area contributed by atoms with Crippen LogP contribution >= 0.6 is 11.6 Å². The minimum atomic E-state index is -1.31. The molecule has 0 fully saturated rings. The van der Waals surface area contributed by atoms with E-state index in [1.807, 2.05) is 30.3 Å². The number of nitrogens with zero attached hydrogens (tertiary/aromatic N) is 3. The van der Waals surface area contributed by atoms with Crippen molar-refractivity contribution in [2.24, 2.45) is 0 Å². The number of halogens is 1. The van der Waals surface area contributed by atoms with Crippen molar-refractivity contribution in [2.75, 3.05) is 0 Å². The van der Waals surface area contributed by atoms with Gasteiger partial charge in [-0.05, 0) is 11.6 Å². The molecule has 3 aromatic rings. The third-order valence-corrected chi connectivity index (χ3v) is 5.88. The van der Waals surface area contributed by atoms with Gasteiger partial charge in [-0.25, -0.2) is 4.98 Å². The highest BCUT2D eigenvalue weighted by Gasteiger charge is 2.16.